The second kappa shape index (κ2) is 6.29. The van der Waals surface area contributed by atoms with Crippen molar-refractivity contribution in [2.45, 2.75) is 6.04 Å². The molecule has 4 heteroatoms. The third-order valence-electron chi connectivity index (χ3n) is 3.01. The number of hydrogen-bond donors (Lipinski definition) is 1. The van der Waals surface area contributed by atoms with Crippen molar-refractivity contribution in [3.05, 3.63) is 63.6 Å². The van der Waals surface area contributed by atoms with Gasteiger partial charge < -0.3 is 10.1 Å². The second-order valence-electron chi connectivity index (χ2n) is 4.13. The van der Waals surface area contributed by atoms with E-state index in [1.807, 2.05) is 37.4 Å². The number of rotatable bonds is 4. The zero-order valence-corrected chi connectivity index (χ0v) is 12.3. The first-order valence-electron chi connectivity index (χ1n) is 5.92. The van der Waals surface area contributed by atoms with Crippen LogP contribution in [0.5, 0.6) is 5.75 Å². The van der Waals surface area contributed by atoms with Gasteiger partial charge in [-0.2, -0.15) is 0 Å². The summed E-state index contributed by atoms with van der Waals surface area (Å²) in [6.07, 6.45) is 0. The maximum Gasteiger partial charge on any atom is 0.123 e. The van der Waals surface area contributed by atoms with Crippen molar-refractivity contribution in [2.24, 2.45) is 0 Å². The molecule has 2 rings (SSSR count). The molecule has 0 aliphatic carbocycles. The highest BCUT2D eigenvalue weighted by Gasteiger charge is 2.18. The largest absolute Gasteiger partial charge is 0.496 e. The lowest BCUT2D eigenvalue weighted by molar-refractivity contribution is 0.405. The van der Waals surface area contributed by atoms with Gasteiger partial charge >= 0.3 is 0 Å². The second-order valence-corrected chi connectivity index (χ2v) is 4.97. The Morgan fingerprint density at radius 2 is 1.79 bits per heavy atom. The summed E-state index contributed by atoms with van der Waals surface area (Å²) in [6, 6.07) is 13.2. The molecular formula is C15H15Cl2NO. The minimum atomic E-state index is -0.0673. The molecule has 0 spiro atoms. The molecule has 0 fully saturated rings. The van der Waals surface area contributed by atoms with Gasteiger partial charge in [0, 0.05) is 15.6 Å². The zero-order chi connectivity index (χ0) is 13.8. The van der Waals surface area contributed by atoms with Crippen molar-refractivity contribution < 1.29 is 4.74 Å². The number of para-hydroxylation sites is 1. The Kier molecular flexibility index (Phi) is 4.70. The molecule has 0 heterocycles. The molecule has 0 saturated heterocycles. The van der Waals surface area contributed by atoms with Crippen molar-refractivity contribution in [1.29, 1.82) is 0 Å². The van der Waals surface area contributed by atoms with Crippen LogP contribution in [-0.4, -0.2) is 14.2 Å². The molecule has 2 nitrogen and oxygen atoms in total. The normalized spacial score (nSPS) is 12.2. The van der Waals surface area contributed by atoms with Crippen molar-refractivity contribution in [2.75, 3.05) is 14.2 Å². The Bertz CT molecular complexity index is 572. The van der Waals surface area contributed by atoms with Gasteiger partial charge in [-0.05, 0) is 36.9 Å². The van der Waals surface area contributed by atoms with E-state index in [-0.39, 0.29) is 6.04 Å². The predicted molar refractivity (Wildman–Crippen MR) is 80.4 cm³/mol. The Balaban J connectivity index is 2.53. The summed E-state index contributed by atoms with van der Waals surface area (Å²) in [5, 5.41) is 4.59. The van der Waals surface area contributed by atoms with Crippen LogP contribution in [0.25, 0.3) is 0 Å². The third-order valence-corrected chi connectivity index (χ3v) is 3.59. The van der Waals surface area contributed by atoms with Gasteiger partial charge in [0.25, 0.3) is 0 Å². The summed E-state index contributed by atoms with van der Waals surface area (Å²) >= 11 is 12.3. The lowest BCUT2D eigenvalue weighted by atomic mass is 9.98. The quantitative estimate of drug-likeness (QED) is 0.907. The number of methoxy groups -OCH3 is 1. The van der Waals surface area contributed by atoms with E-state index in [2.05, 4.69) is 5.32 Å². The molecule has 0 bridgehead atoms. The fourth-order valence-corrected chi connectivity index (χ4v) is 2.53. The molecule has 0 aliphatic rings. The molecule has 19 heavy (non-hydrogen) atoms. The molecule has 100 valence electrons. The van der Waals surface area contributed by atoms with Gasteiger partial charge in [0.05, 0.1) is 13.2 Å². The van der Waals surface area contributed by atoms with Crippen LogP contribution in [0.3, 0.4) is 0 Å². The number of nitrogens with one attached hydrogen (secondary N) is 1. The van der Waals surface area contributed by atoms with Gasteiger partial charge in [-0.15, -0.1) is 0 Å². The molecule has 2 aromatic carbocycles. The van der Waals surface area contributed by atoms with E-state index in [9.17, 15) is 0 Å². The summed E-state index contributed by atoms with van der Waals surface area (Å²) in [4.78, 5) is 0. The molecule has 2 aromatic rings. The third kappa shape index (κ3) is 3.03. The summed E-state index contributed by atoms with van der Waals surface area (Å²) in [7, 11) is 3.54. The van der Waals surface area contributed by atoms with E-state index in [1.165, 1.54) is 0 Å². The topological polar surface area (TPSA) is 21.3 Å². The van der Waals surface area contributed by atoms with Gasteiger partial charge in [-0.25, -0.2) is 0 Å². The number of halogens is 2. The Morgan fingerprint density at radius 1 is 1.05 bits per heavy atom. The molecule has 1 atom stereocenters. The zero-order valence-electron chi connectivity index (χ0n) is 10.8. The highest BCUT2D eigenvalue weighted by molar-refractivity contribution is 6.33. The first-order valence-corrected chi connectivity index (χ1v) is 6.68. The summed E-state index contributed by atoms with van der Waals surface area (Å²) in [6.45, 7) is 0. The fourth-order valence-electron chi connectivity index (χ4n) is 2.12. The molecule has 0 saturated carbocycles. The lowest BCUT2D eigenvalue weighted by Gasteiger charge is -2.21. The molecule has 0 aromatic heterocycles. The maximum atomic E-state index is 6.28. The lowest BCUT2D eigenvalue weighted by Crippen LogP contribution is -2.18. The Morgan fingerprint density at radius 3 is 2.47 bits per heavy atom. The monoisotopic (exact) mass is 295 g/mol. The molecular weight excluding hydrogens is 281 g/mol. The van der Waals surface area contributed by atoms with Crippen LogP contribution in [0.1, 0.15) is 17.2 Å². The van der Waals surface area contributed by atoms with Gasteiger partial charge in [0.15, 0.2) is 0 Å². The van der Waals surface area contributed by atoms with Crippen molar-refractivity contribution in [3.8, 4) is 5.75 Å². The van der Waals surface area contributed by atoms with E-state index in [4.69, 9.17) is 27.9 Å². The minimum Gasteiger partial charge on any atom is -0.496 e. The van der Waals surface area contributed by atoms with Crippen molar-refractivity contribution in [3.63, 3.8) is 0 Å². The smallest absolute Gasteiger partial charge is 0.123 e. The van der Waals surface area contributed by atoms with E-state index >= 15 is 0 Å². The van der Waals surface area contributed by atoms with Crippen molar-refractivity contribution in [1.82, 2.24) is 5.32 Å². The van der Waals surface area contributed by atoms with E-state index in [0.29, 0.717) is 10.0 Å². The van der Waals surface area contributed by atoms with Gasteiger partial charge in [0.1, 0.15) is 5.75 Å². The van der Waals surface area contributed by atoms with Crippen LogP contribution in [0.4, 0.5) is 0 Å². The van der Waals surface area contributed by atoms with E-state index in [1.54, 1.807) is 19.2 Å². The summed E-state index contributed by atoms with van der Waals surface area (Å²) < 4.78 is 5.40. The SMILES string of the molecule is CNC(c1cc(Cl)ccc1Cl)c1ccccc1OC. The van der Waals surface area contributed by atoms with Crippen LogP contribution in [0.2, 0.25) is 10.0 Å². The summed E-state index contributed by atoms with van der Waals surface area (Å²) in [5.41, 5.74) is 1.96. The van der Waals surface area contributed by atoms with Crippen LogP contribution in [0.15, 0.2) is 42.5 Å². The van der Waals surface area contributed by atoms with Gasteiger partial charge in [-0.1, -0.05) is 41.4 Å². The van der Waals surface area contributed by atoms with Gasteiger partial charge in [0.2, 0.25) is 0 Å². The first kappa shape index (κ1) is 14.2. The van der Waals surface area contributed by atoms with Crippen LogP contribution < -0.4 is 10.1 Å². The molecule has 0 amide bonds. The predicted octanol–water partition coefficient (Wildman–Crippen LogP) is 4.31. The highest BCUT2D eigenvalue weighted by Crippen LogP contribution is 2.34. The highest BCUT2D eigenvalue weighted by atomic mass is 35.5. The molecule has 0 aliphatic heterocycles. The number of benzene rings is 2. The average Bonchev–Trinajstić information content (AvgIpc) is 2.44. The summed E-state index contributed by atoms with van der Waals surface area (Å²) in [5.74, 6) is 0.817. The number of hydrogen-bond acceptors (Lipinski definition) is 2. The van der Waals surface area contributed by atoms with Crippen LogP contribution in [0, 0.1) is 0 Å². The fraction of sp³-hybridized carbons (Fsp3) is 0.200. The minimum absolute atomic E-state index is 0.0673. The molecule has 0 radical (unpaired) electrons. The maximum absolute atomic E-state index is 6.28. The molecule has 1 N–H and O–H groups in total. The Hall–Kier alpha value is -1.22. The van der Waals surface area contributed by atoms with Gasteiger partial charge in [-0.3, -0.25) is 0 Å². The van der Waals surface area contributed by atoms with E-state index in [0.717, 1.165) is 16.9 Å². The van der Waals surface area contributed by atoms with Crippen LogP contribution >= 0.6 is 23.2 Å². The standard InChI is InChI=1S/C15H15Cl2NO/c1-18-15(11-5-3-4-6-14(11)19-2)12-9-10(16)7-8-13(12)17/h3-9,15,18H,1-2H3. The van der Waals surface area contributed by atoms with Crippen LogP contribution in [-0.2, 0) is 0 Å². The Labute approximate surface area is 123 Å². The van der Waals surface area contributed by atoms with Crippen molar-refractivity contribution >= 4 is 23.2 Å². The first-order chi connectivity index (χ1) is 9.17. The number of ether oxygens (including phenoxy) is 1. The molecule has 1 unspecified atom stereocenters. The average molecular weight is 296 g/mol. The van der Waals surface area contributed by atoms with E-state index < -0.39 is 0 Å².